The molecule has 0 radical (unpaired) electrons. The van der Waals surface area contributed by atoms with Crippen LogP contribution in [0.15, 0.2) is 0 Å². The largest absolute Gasteiger partial charge is 0.458 e. The summed E-state index contributed by atoms with van der Waals surface area (Å²) in [5, 5.41) is 0. The van der Waals surface area contributed by atoms with E-state index in [1.54, 1.807) is 6.92 Å². The van der Waals surface area contributed by atoms with Gasteiger partial charge >= 0.3 is 11.9 Å². The third kappa shape index (κ3) is 3.95. The van der Waals surface area contributed by atoms with Crippen LogP contribution in [0.4, 0.5) is 0 Å². The van der Waals surface area contributed by atoms with Gasteiger partial charge in [0, 0.05) is 20.3 Å². The molecule has 0 unspecified atom stereocenters. The van der Waals surface area contributed by atoms with Gasteiger partial charge in [-0.15, -0.1) is 0 Å². The molecule has 2 N–H and O–H groups in total. The number of carbonyl (C=O) groups is 2. The van der Waals surface area contributed by atoms with Crippen LogP contribution in [0.1, 0.15) is 27.2 Å². The van der Waals surface area contributed by atoms with Crippen molar-refractivity contribution in [3.8, 4) is 0 Å². The number of ether oxygens (including phenoxy) is 3. The Morgan fingerprint density at radius 3 is 2.29 bits per heavy atom. The van der Waals surface area contributed by atoms with Crippen molar-refractivity contribution in [3.05, 3.63) is 0 Å². The highest BCUT2D eigenvalue weighted by Crippen LogP contribution is 2.25. The Bertz CT molecular complexity index is 295. The molecular weight excluding hydrogens is 230 g/mol. The van der Waals surface area contributed by atoms with Crippen molar-refractivity contribution >= 4 is 11.9 Å². The Balaban J connectivity index is 2.74. The molecule has 1 saturated heterocycles. The Morgan fingerprint density at radius 2 is 1.82 bits per heavy atom. The van der Waals surface area contributed by atoms with Crippen LogP contribution in [-0.4, -0.2) is 36.5 Å². The molecule has 7 heteroatoms. The van der Waals surface area contributed by atoms with Crippen molar-refractivity contribution in [1.29, 1.82) is 0 Å². The highest BCUT2D eigenvalue weighted by molar-refractivity contribution is 5.67. The molecule has 0 aromatic rings. The molecule has 0 aliphatic carbocycles. The maximum absolute atomic E-state index is 11.0. The van der Waals surface area contributed by atoms with Crippen LogP contribution < -0.4 is 5.90 Å². The molecule has 0 saturated carbocycles. The number of hydrogen-bond acceptors (Lipinski definition) is 7. The fourth-order valence-corrected chi connectivity index (χ4v) is 1.78. The van der Waals surface area contributed by atoms with Gasteiger partial charge < -0.3 is 14.2 Å². The molecule has 0 aromatic heterocycles. The minimum absolute atomic E-state index is 0.221. The lowest BCUT2D eigenvalue weighted by Crippen LogP contribution is -2.51. The van der Waals surface area contributed by atoms with Gasteiger partial charge in [-0.2, -0.15) is 0 Å². The fourth-order valence-electron chi connectivity index (χ4n) is 1.78. The molecule has 0 bridgehead atoms. The van der Waals surface area contributed by atoms with Crippen LogP contribution in [0.25, 0.3) is 0 Å². The smallest absolute Gasteiger partial charge is 0.303 e. The van der Waals surface area contributed by atoms with Gasteiger partial charge in [-0.25, -0.2) is 5.90 Å². The first-order valence-corrected chi connectivity index (χ1v) is 5.29. The van der Waals surface area contributed by atoms with Gasteiger partial charge in [0.05, 0.1) is 6.10 Å². The molecule has 7 nitrogen and oxygen atoms in total. The number of carbonyl (C=O) groups excluding carboxylic acids is 2. The van der Waals surface area contributed by atoms with Crippen LogP contribution in [-0.2, 0) is 28.6 Å². The second kappa shape index (κ2) is 5.95. The van der Waals surface area contributed by atoms with Crippen molar-refractivity contribution in [2.45, 2.75) is 51.8 Å². The van der Waals surface area contributed by atoms with E-state index in [4.69, 9.17) is 20.1 Å². The van der Waals surface area contributed by atoms with Crippen LogP contribution in [0, 0.1) is 0 Å². The average molecular weight is 247 g/mol. The summed E-state index contributed by atoms with van der Waals surface area (Å²) >= 11 is 0. The normalized spacial score (nSPS) is 32.9. The molecule has 1 fully saturated rings. The minimum Gasteiger partial charge on any atom is -0.458 e. The predicted octanol–water partition coefficient (Wildman–Crippen LogP) is -0.125. The van der Waals surface area contributed by atoms with Gasteiger partial charge in [-0.1, -0.05) is 0 Å². The fraction of sp³-hybridized carbons (Fsp3) is 0.800. The molecule has 1 aliphatic rings. The summed E-state index contributed by atoms with van der Waals surface area (Å²) in [5.41, 5.74) is 0. The molecule has 0 aromatic carbocycles. The first kappa shape index (κ1) is 13.9. The first-order chi connectivity index (χ1) is 7.93. The highest BCUT2D eigenvalue weighted by atomic mass is 16.8. The summed E-state index contributed by atoms with van der Waals surface area (Å²) in [5.74, 6) is 4.11. The third-order valence-electron chi connectivity index (χ3n) is 2.39. The van der Waals surface area contributed by atoms with E-state index in [2.05, 4.69) is 4.84 Å². The van der Waals surface area contributed by atoms with E-state index < -0.39 is 36.5 Å². The molecule has 1 aliphatic heterocycles. The van der Waals surface area contributed by atoms with Crippen molar-refractivity contribution in [2.75, 3.05) is 0 Å². The molecule has 0 amide bonds. The van der Waals surface area contributed by atoms with E-state index in [1.807, 2.05) is 0 Å². The highest BCUT2D eigenvalue weighted by Gasteiger charge is 2.41. The van der Waals surface area contributed by atoms with E-state index >= 15 is 0 Å². The summed E-state index contributed by atoms with van der Waals surface area (Å²) in [4.78, 5) is 26.5. The molecular formula is C10H17NO6. The summed E-state index contributed by atoms with van der Waals surface area (Å²) in [6.45, 7) is 4.25. The topological polar surface area (TPSA) is 97.1 Å². The Morgan fingerprint density at radius 1 is 1.24 bits per heavy atom. The quantitative estimate of drug-likeness (QED) is 0.548. The number of rotatable bonds is 3. The van der Waals surface area contributed by atoms with E-state index in [-0.39, 0.29) is 6.42 Å². The second-order valence-corrected chi connectivity index (χ2v) is 3.86. The number of nitrogens with two attached hydrogens (primary N) is 1. The van der Waals surface area contributed by atoms with Crippen LogP contribution in [0.3, 0.4) is 0 Å². The Kier molecular flexibility index (Phi) is 4.86. The standard InChI is InChI=1S/C10H17NO6/c1-5-10(16-7(3)13)8(15-6(2)12)4-9(14-5)17-11/h5,8-10H,4,11H2,1-3H3/t5-,8-,9-,10+/m0/s1. The summed E-state index contributed by atoms with van der Waals surface area (Å²) in [7, 11) is 0. The average Bonchev–Trinajstić information content (AvgIpc) is 2.21. The third-order valence-corrected chi connectivity index (χ3v) is 2.39. The zero-order valence-corrected chi connectivity index (χ0v) is 10.0. The van der Waals surface area contributed by atoms with Gasteiger partial charge in [0.25, 0.3) is 0 Å². The van der Waals surface area contributed by atoms with Gasteiger partial charge in [0.1, 0.15) is 6.10 Å². The van der Waals surface area contributed by atoms with Crippen molar-refractivity contribution in [3.63, 3.8) is 0 Å². The molecule has 98 valence electrons. The lowest BCUT2D eigenvalue weighted by Gasteiger charge is -2.37. The first-order valence-electron chi connectivity index (χ1n) is 5.29. The Labute approximate surface area is 99.1 Å². The van der Waals surface area contributed by atoms with Crippen LogP contribution in [0.5, 0.6) is 0 Å². The van der Waals surface area contributed by atoms with Gasteiger partial charge in [0.2, 0.25) is 0 Å². The van der Waals surface area contributed by atoms with E-state index in [9.17, 15) is 9.59 Å². The zero-order chi connectivity index (χ0) is 13.0. The van der Waals surface area contributed by atoms with Gasteiger partial charge in [-0.05, 0) is 6.92 Å². The second-order valence-electron chi connectivity index (χ2n) is 3.86. The minimum atomic E-state index is -0.679. The monoisotopic (exact) mass is 247 g/mol. The van der Waals surface area contributed by atoms with Gasteiger partial charge in [-0.3, -0.25) is 14.4 Å². The zero-order valence-electron chi connectivity index (χ0n) is 10.0. The molecule has 1 heterocycles. The lowest BCUT2D eigenvalue weighted by atomic mass is 10.0. The van der Waals surface area contributed by atoms with Crippen molar-refractivity contribution in [2.24, 2.45) is 5.90 Å². The maximum atomic E-state index is 11.0. The summed E-state index contributed by atoms with van der Waals surface area (Å²) in [6.07, 6.45) is -2.19. The van der Waals surface area contributed by atoms with E-state index in [0.29, 0.717) is 0 Å². The molecule has 1 rings (SSSR count). The molecule has 0 spiro atoms. The number of hydrogen-bond donors (Lipinski definition) is 1. The summed E-state index contributed by atoms with van der Waals surface area (Å²) < 4.78 is 15.5. The van der Waals surface area contributed by atoms with E-state index in [0.717, 1.165) is 0 Å². The van der Waals surface area contributed by atoms with Crippen molar-refractivity contribution < 1.29 is 28.6 Å². The molecule has 4 atom stereocenters. The number of esters is 2. The van der Waals surface area contributed by atoms with Crippen LogP contribution >= 0.6 is 0 Å². The molecule has 17 heavy (non-hydrogen) atoms. The van der Waals surface area contributed by atoms with Crippen molar-refractivity contribution in [1.82, 2.24) is 0 Å². The maximum Gasteiger partial charge on any atom is 0.303 e. The van der Waals surface area contributed by atoms with Crippen LogP contribution in [0.2, 0.25) is 0 Å². The lowest BCUT2D eigenvalue weighted by molar-refractivity contribution is -0.257. The SMILES string of the molecule is CC(=O)O[C@@H]1[C@H](C)O[C@@H](ON)C[C@@H]1OC(C)=O. The van der Waals surface area contributed by atoms with E-state index in [1.165, 1.54) is 13.8 Å². The predicted molar refractivity (Wildman–Crippen MR) is 55.3 cm³/mol. The Hall–Kier alpha value is -1.18. The van der Waals surface area contributed by atoms with Gasteiger partial charge in [0.15, 0.2) is 12.4 Å². The summed E-state index contributed by atoms with van der Waals surface area (Å²) in [6, 6.07) is 0.